The van der Waals surface area contributed by atoms with Crippen LogP contribution in [0.25, 0.3) is 10.9 Å². The lowest BCUT2D eigenvalue weighted by atomic mass is 9.91. The normalized spacial score (nSPS) is 15.6. The summed E-state index contributed by atoms with van der Waals surface area (Å²) in [7, 11) is 0. The van der Waals surface area contributed by atoms with Crippen molar-refractivity contribution in [2.45, 2.75) is 51.5 Å². The van der Waals surface area contributed by atoms with Crippen molar-refractivity contribution in [2.24, 2.45) is 0 Å². The van der Waals surface area contributed by atoms with Gasteiger partial charge in [0, 0.05) is 46.2 Å². The number of urea groups is 1. The van der Waals surface area contributed by atoms with E-state index in [0.29, 0.717) is 36.7 Å². The largest absolute Gasteiger partial charge is 0.394 e. The molecule has 0 saturated heterocycles. The molecule has 0 bridgehead atoms. The predicted molar refractivity (Wildman–Crippen MR) is 132 cm³/mol. The first kappa shape index (κ1) is 24.7. The number of carbonyl (C=O) groups excluding carboxylic acids is 2. The van der Waals surface area contributed by atoms with E-state index in [1.54, 1.807) is 12.1 Å². The number of benzene rings is 1. The fourth-order valence-electron chi connectivity index (χ4n) is 4.21. The lowest BCUT2D eigenvalue weighted by Gasteiger charge is -2.23. The maximum Gasteiger partial charge on any atom is 0.320 e. The van der Waals surface area contributed by atoms with Gasteiger partial charge in [0.1, 0.15) is 5.76 Å². The SMILES string of the molecule is CC(C)(C)c1cc(NC(=O)NC2CCc3[nH]c4ccc(C(=O)NCCOCCO)cc4c3C2)no1. The van der Waals surface area contributed by atoms with E-state index in [4.69, 9.17) is 14.4 Å². The van der Waals surface area contributed by atoms with Crippen molar-refractivity contribution < 1.29 is 24.0 Å². The number of hydrogen-bond donors (Lipinski definition) is 5. The first-order valence-electron chi connectivity index (χ1n) is 11.9. The summed E-state index contributed by atoms with van der Waals surface area (Å²) in [5.41, 5.74) is 3.60. The lowest BCUT2D eigenvalue weighted by Crippen LogP contribution is -2.41. The smallest absolute Gasteiger partial charge is 0.320 e. The first-order chi connectivity index (χ1) is 16.7. The van der Waals surface area contributed by atoms with Crippen LogP contribution in [-0.2, 0) is 23.0 Å². The highest BCUT2D eigenvalue weighted by molar-refractivity contribution is 5.99. The molecule has 1 atom stereocenters. The molecule has 10 nitrogen and oxygen atoms in total. The van der Waals surface area contributed by atoms with Crippen LogP contribution in [0.2, 0.25) is 0 Å². The number of carbonyl (C=O) groups is 2. The van der Waals surface area contributed by atoms with Gasteiger partial charge in [-0.1, -0.05) is 25.9 Å². The Morgan fingerprint density at radius 1 is 1.26 bits per heavy atom. The summed E-state index contributed by atoms with van der Waals surface area (Å²) < 4.78 is 10.5. The van der Waals surface area contributed by atoms with Crippen molar-refractivity contribution >= 4 is 28.7 Å². The number of anilines is 1. The van der Waals surface area contributed by atoms with E-state index in [-0.39, 0.29) is 36.6 Å². The van der Waals surface area contributed by atoms with Crippen LogP contribution in [0.15, 0.2) is 28.8 Å². The number of aromatic amines is 1. The Morgan fingerprint density at radius 3 is 2.83 bits per heavy atom. The van der Waals surface area contributed by atoms with Gasteiger partial charge < -0.3 is 30.0 Å². The number of H-pyrrole nitrogens is 1. The van der Waals surface area contributed by atoms with Crippen molar-refractivity contribution in [3.63, 3.8) is 0 Å². The Labute approximate surface area is 203 Å². The molecule has 2 aromatic heterocycles. The molecule has 188 valence electrons. The third-order valence-electron chi connectivity index (χ3n) is 6.04. The van der Waals surface area contributed by atoms with Gasteiger partial charge in [0.15, 0.2) is 5.82 Å². The second-order valence-electron chi connectivity index (χ2n) is 9.80. The van der Waals surface area contributed by atoms with Gasteiger partial charge >= 0.3 is 6.03 Å². The molecule has 1 aliphatic carbocycles. The molecule has 0 fully saturated rings. The molecule has 35 heavy (non-hydrogen) atoms. The number of hydrogen-bond acceptors (Lipinski definition) is 6. The monoisotopic (exact) mass is 483 g/mol. The summed E-state index contributed by atoms with van der Waals surface area (Å²) >= 11 is 0. The molecule has 5 N–H and O–H groups in total. The molecule has 0 spiro atoms. The Bertz CT molecular complexity index is 1190. The average molecular weight is 484 g/mol. The maximum atomic E-state index is 12.6. The van der Waals surface area contributed by atoms with E-state index in [0.717, 1.165) is 35.0 Å². The Hall–Kier alpha value is -3.37. The van der Waals surface area contributed by atoms with Crippen molar-refractivity contribution in [3.8, 4) is 0 Å². The molecule has 2 heterocycles. The number of rotatable bonds is 8. The number of nitrogens with zero attached hydrogens (tertiary/aromatic N) is 1. The van der Waals surface area contributed by atoms with Gasteiger partial charge in [0.05, 0.1) is 19.8 Å². The van der Waals surface area contributed by atoms with Crippen LogP contribution in [-0.4, -0.2) is 59.6 Å². The number of fused-ring (bicyclic) bond motifs is 3. The second-order valence-corrected chi connectivity index (χ2v) is 9.80. The predicted octanol–water partition coefficient (Wildman–Crippen LogP) is 2.87. The zero-order valence-corrected chi connectivity index (χ0v) is 20.4. The van der Waals surface area contributed by atoms with E-state index in [2.05, 4.69) is 26.1 Å². The molecule has 1 unspecified atom stereocenters. The molecule has 3 aromatic rings. The minimum absolute atomic E-state index is 0.0426. The van der Waals surface area contributed by atoms with Crippen LogP contribution in [0.4, 0.5) is 10.6 Å². The van der Waals surface area contributed by atoms with Crippen molar-refractivity contribution in [1.29, 1.82) is 0 Å². The summed E-state index contributed by atoms with van der Waals surface area (Å²) in [5.74, 6) is 0.904. The standard InChI is InChI=1S/C25H33N5O5/c1-25(2,3)21-14-22(30-35-21)29-24(33)27-16-5-7-20-18(13-16)17-12-15(4-6-19(17)28-20)23(32)26-8-10-34-11-9-31/h4,6,12,14,16,28,31H,5,7-11,13H2,1-3H3,(H,26,32)(H2,27,29,30,33). The van der Waals surface area contributed by atoms with Gasteiger partial charge in [-0.3, -0.25) is 10.1 Å². The van der Waals surface area contributed by atoms with Gasteiger partial charge in [-0.25, -0.2) is 4.79 Å². The number of aliphatic hydroxyl groups is 1. The van der Waals surface area contributed by atoms with E-state index in [9.17, 15) is 9.59 Å². The van der Waals surface area contributed by atoms with Crippen LogP contribution in [0.5, 0.6) is 0 Å². The van der Waals surface area contributed by atoms with Gasteiger partial charge in [0.2, 0.25) is 0 Å². The first-order valence-corrected chi connectivity index (χ1v) is 11.9. The summed E-state index contributed by atoms with van der Waals surface area (Å²) in [4.78, 5) is 28.6. The average Bonchev–Trinajstić information content (AvgIpc) is 3.43. The molecule has 0 radical (unpaired) electrons. The highest BCUT2D eigenvalue weighted by Crippen LogP contribution is 2.30. The second kappa shape index (κ2) is 10.5. The zero-order valence-electron chi connectivity index (χ0n) is 20.4. The van der Waals surface area contributed by atoms with Crippen molar-refractivity contribution in [1.82, 2.24) is 20.8 Å². The topological polar surface area (TPSA) is 142 Å². The van der Waals surface area contributed by atoms with Gasteiger partial charge in [-0.05, 0) is 43.0 Å². The number of aromatic nitrogens is 2. The number of nitrogens with one attached hydrogen (secondary N) is 4. The summed E-state index contributed by atoms with van der Waals surface area (Å²) in [6.07, 6.45) is 2.27. The Morgan fingerprint density at radius 2 is 2.09 bits per heavy atom. The van der Waals surface area contributed by atoms with E-state index < -0.39 is 0 Å². The van der Waals surface area contributed by atoms with Crippen LogP contribution in [0.1, 0.15) is 54.6 Å². The van der Waals surface area contributed by atoms with Crippen LogP contribution in [0.3, 0.4) is 0 Å². The third kappa shape index (κ3) is 6.01. The molecule has 1 aromatic carbocycles. The molecule has 3 amide bonds. The summed E-state index contributed by atoms with van der Waals surface area (Å²) in [5, 5.41) is 22.3. The molecule has 1 aliphatic rings. The molecule has 10 heteroatoms. The minimum atomic E-state index is -0.324. The molecular formula is C25H33N5O5. The highest BCUT2D eigenvalue weighted by Gasteiger charge is 2.25. The summed E-state index contributed by atoms with van der Waals surface area (Å²) in [6, 6.07) is 6.97. The summed E-state index contributed by atoms with van der Waals surface area (Å²) in [6.45, 7) is 6.96. The Kier molecular flexibility index (Phi) is 7.42. The molecular weight excluding hydrogens is 450 g/mol. The molecule has 0 aliphatic heterocycles. The van der Waals surface area contributed by atoms with Gasteiger partial charge in [0.25, 0.3) is 5.91 Å². The van der Waals surface area contributed by atoms with Crippen LogP contribution < -0.4 is 16.0 Å². The minimum Gasteiger partial charge on any atom is -0.394 e. The lowest BCUT2D eigenvalue weighted by molar-refractivity contribution is 0.0838. The van der Waals surface area contributed by atoms with Crippen LogP contribution >= 0.6 is 0 Å². The molecule has 4 rings (SSSR count). The fourth-order valence-corrected chi connectivity index (χ4v) is 4.21. The number of amides is 3. The van der Waals surface area contributed by atoms with Gasteiger partial charge in [-0.15, -0.1) is 0 Å². The third-order valence-corrected chi connectivity index (χ3v) is 6.04. The van der Waals surface area contributed by atoms with E-state index in [1.165, 1.54) is 0 Å². The number of aryl methyl sites for hydroxylation is 1. The quantitative estimate of drug-likeness (QED) is 0.312. The molecule has 0 saturated carbocycles. The van der Waals surface area contributed by atoms with E-state index >= 15 is 0 Å². The van der Waals surface area contributed by atoms with Crippen LogP contribution in [0, 0.1) is 0 Å². The van der Waals surface area contributed by atoms with Crippen molar-refractivity contribution in [2.75, 3.05) is 31.7 Å². The van der Waals surface area contributed by atoms with Gasteiger partial charge in [-0.2, -0.15) is 0 Å². The zero-order chi connectivity index (χ0) is 25.0. The number of ether oxygens (including phenoxy) is 1. The number of aliphatic hydroxyl groups excluding tert-OH is 1. The van der Waals surface area contributed by atoms with Crippen molar-refractivity contribution in [3.05, 3.63) is 46.8 Å². The van der Waals surface area contributed by atoms with E-state index in [1.807, 2.05) is 32.9 Å². The Balaban J connectivity index is 1.38. The fraction of sp³-hybridized carbons (Fsp3) is 0.480. The highest BCUT2D eigenvalue weighted by atomic mass is 16.5. The maximum absolute atomic E-state index is 12.6.